The molecule has 1 heterocycles. The van der Waals surface area contributed by atoms with Gasteiger partial charge in [0.1, 0.15) is 6.04 Å². The summed E-state index contributed by atoms with van der Waals surface area (Å²) in [7, 11) is -3.98. The Labute approximate surface area is 211 Å². The van der Waals surface area contributed by atoms with Crippen molar-refractivity contribution in [2.75, 3.05) is 12.7 Å². The minimum absolute atomic E-state index is 0.129. The SMILES string of the molecule is Cc1c(C(CCc2ccccc2)N=O)c2cc(CNCCCP(=O)(O)O)ccc2n1-c1ccccc1. The van der Waals surface area contributed by atoms with Crippen LogP contribution in [-0.4, -0.2) is 27.1 Å². The Morgan fingerprint density at radius 2 is 1.67 bits per heavy atom. The van der Waals surface area contributed by atoms with Gasteiger partial charge < -0.3 is 19.7 Å². The zero-order valence-electron chi connectivity index (χ0n) is 20.4. The van der Waals surface area contributed by atoms with Crippen molar-refractivity contribution in [2.45, 2.75) is 38.8 Å². The van der Waals surface area contributed by atoms with E-state index in [4.69, 9.17) is 9.79 Å². The van der Waals surface area contributed by atoms with Gasteiger partial charge in [-0.2, -0.15) is 4.91 Å². The van der Waals surface area contributed by atoms with Gasteiger partial charge in [-0.3, -0.25) is 4.57 Å². The first-order valence-electron chi connectivity index (χ1n) is 12.2. The van der Waals surface area contributed by atoms with Crippen molar-refractivity contribution >= 4 is 18.5 Å². The van der Waals surface area contributed by atoms with Gasteiger partial charge in [-0.1, -0.05) is 59.8 Å². The predicted molar refractivity (Wildman–Crippen MR) is 145 cm³/mol. The zero-order valence-corrected chi connectivity index (χ0v) is 21.3. The van der Waals surface area contributed by atoms with Crippen molar-refractivity contribution in [1.82, 2.24) is 9.88 Å². The molecule has 0 fully saturated rings. The second kappa shape index (κ2) is 11.8. The van der Waals surface area contributed by atoms with E-state index in [1.165, 1.54) is 5.56 Å². The molecule has 7 nitrogen and oxygen atoms in total. The predicted octanol–water partition coefficient (Wildman–Crippen LogP) is 6.04. The van der Waals surface area contributed by atoms with Gasteiger partial charge in [0, 0.05) is 28.9 Å². The number of para-hydroxylation sites is 1. The van der Waals surface area contributed by atoms with Crippen LogP contribution >= 0.6 is 7.60 Å². The van der Waals surface area contributed by atoms with Crippen molar-refractivity contribution in [3.63, 3.8) is 0 Å². The van der Waals surface area contributed by atoms with Gasteiger partial charge in [0.25, 0.3) is 0 Å². The highest BCUT2D eigenvalue weighted by Gasteiger charge is 2.24. The van der Waals surface area contributed by atoms with Crippen LogP contribution in [0.4, 0.5) is 0 Å². The van der Waals surface area contributed by atoms with Crippen LogP contribution in [0.25, 0.3) is 16.6 Å². The maximum atomic E-state index is 12.1. The molecule has 0 saturated heterocycles. The first-order chi connectivity index (χ1) is 17.4. The third-order valence-electron chi connectivity index (χ3n) is 6.47. The van der Waals surface area contributed by atoms with Crippen molar-refractivity contribution in [2.24, 2.45) is 5.18 Å². The third-order valence-corrected chi connectivity index (χ3v) is 7.37. The summed E-state index contributed by atoms with van der Waals surface area (Å²) < 4.78 is 13.2. The molecule has 1 unspecified atom stereocenters. The fourth-order valence-corrected chi connectivity index (χ4v) is 5.34. The summed E-state index contributed by atoms with van der Waals surface area (Å²) in [6.45, 7) is 3.12. The molecule has 36 heavy (non-hydrogen) atoms. The summed E-state index contributed by atoms with van der Waals surface area (Å²) in [6.07, 6.45) is 1.65. The lowest BCUT2D eigenvalue weighted by atomic mass is 9.96. The first-order valence-corrected chi connectivity index (χ1v) is 14.0. The molecule has 0 amide bonds. The molecule has 0 bridgehead atoms. The molecule has 4 aromatic rings. The van der Waals surface area contributed by atoms with E-state index in [1.54, 1.807) is 0 Å². The summed E-state index contributed by atoms with van der Waals surface area (Å²) in [5.41, 5.74) is 6.21. The molecule has 8 heteroatoms. The largest absolute Gasteiger partial charge is 0.325 e. The summed E-state index contributed by atoms with van der Waals surface area (Å²) in [4.78, 5) is 30.2. The van der Waals surface area contributed by atoms with Crippen LogP contribution in [0, 0.1) is 11.8 Å². The molecule has 0 radical (unpaired) electrons. The van der Waals surface area contributed by atoms with E-state index in [1.807, 2.05) is 49.4 Å². The van der Waals surface area contributed by atoms with Crippen molar-refractivity contribution in [3.8, 4) is 5.69 Å². The van der Waals surface area contributed by atoms with Crippen LogP contribution in [0.2, 0.25) is 0 Å². The van der Waals surface area contributed by atoms with Crippen molar-refractivity contribution < 1.29 is 14.4 Å². The fourth-order valence-electron chi connectivity index (χ4n) is 4.77. The number of hydrogen-bond donors (Lipinski definition) is 3. The second-order valence-corrected chi connectivity index (χ2v) is 10.9. The van der Waals surface area contributed by atoms with Gasteiger partial charge >= 0.3 is 7.60 Å². The van der Waals surface area contributed by atoms with Gasteiger partial charge in [0.2, 0.25) is 0 Å². The first kappa shape index (κ1) is 26.0. The Kier molecular flexibility index (Phi) is 8.49. The number of aryl methyl sites for hydroxylation is 1. The van der Waals surface area contributed by atoms with Crippen LogP contribution in [0.15, 0.2) is 84.0 Å². The van der Waals surface area contributed by atoms with Gasteiger partial charge in [-0.05, 0) is 68.1 Å². The molecule has 188 valence electrons. The van der Waals surface area contributed by atoms with Crippen LogP contribution in [0.1, 0.15) is 41.3 Å². The number of benzene rings is 3. The molecule has 3 N–H and O–H groups in total. The third kappa shape index (κ3) is 6.37. The summed E-state index contributed by atoms with van der Waals surface area (Å²) in [6, 6.07) is 26.0. The average molecular weight is 506 g/mol. The molecule has 3 aromatic carbocycles. The minimum Gasteiger partial charge on any atom is -0.324 e. The van der Waals surface area contributed by atoms with E-state index in [0.717, 1.165) is 39.8 Å². The maximum absolute atomic E-state index is 12.1. The Morgan fingerprint density at radius 1 is 0.972 bits per heavy atom. The van der Waals surface area contributed by atoms with E-state index < -0.39 is 13.6 Å². The normalized spacial score (nSPS) is 12.6. The van der Waals surface area contributed by atoms with E-state index in [-0.39, 0.29) is 6.16 Å². The topological polar surface area (TPSA) is 104 Å². The highest BCUT2D eigenvalue weighted by molar-refractivity contribution is 7.51. The average Bonchev–Trinajstić information content (AvgIpc) is 3.16. The molecule has 0 aliphatic carbocycles. The lowest BCUT2D eigenvalue weighted by Gasteiger charge is -2.12. The Bertz CT molecular complexity index is 1350. The molecule has 4 rings (SSSR count). The van der Waals surface area contributed by atoms with Crippen LogP contribution in [-0.2, 0) is 17.5 Å². The molecule has 0 spiro atoms. The van der Waals surface area contributed by atoms with Crippen molar-refractivity contribution in [1.29, 1.82) is 0 Å². The van der Waals surface area contributed by atoms with E-state index >= 15 is 0 Å². The van der Waals surface area contributed by atoms with E-state index in [2.05, 4.69) is 51.5 Å². The molecule has 0 aliphatic heterocycles. The van der Waals surface area contributed by atoms with Gasteiger partial charge in [-0.15, -0.1) is 0 Å². The second-order valence-electron chi connectivity index (χ2n) is 9.09. The molecule has 1 aromatic heterocycles. The quantitative estimate of drug-likeness (QED) is 0.124. The zero-order chi connectivity index (χ0) is 25.5. The standard InChI is InChI=1S/C28H32N3O4P/c1-21-28(26(30-32)15-13-22-9-4-2-5-10-22)25-19-23(20-29-17-8-18-36(33,34)35)14-16-27(25)31(21)24-11-6-3-7-12-24/h2-7,9-12,14,16,19,26,29H,8,13,15,17-18,20H2,1H3,(H2,33,34,35). The monoisotopic (exact) mass is 505 g/mol. The summed E-state index contributed by atoms with van der Waals surface area (Å²) in [5, 5.41) is 7.85. The highest BCUT2D eigenvalue weighted by Crippen LogP contribution is 2.37. The molecule has 1 atom stereocenters. The van der Waals surface area contributed by atoms with Gasteiger partial charge in [-0.25, -0.2) is 0 Å². The van der Waals surface area contributed by atoms with E-state index in [0.29, 0.717) is 25.9 Å². The Hall–Kier alpha value is -3.09. The number of aromatic nitrogens is 1. The number of hydrogen-bond acceptors (Lipinski definition) is 4. The number of rotatable bonds is 12. The van der Waals surface area contributed by atoms with Crippen LogP contribution in [0.5, 0.6) is 0 Å². The number of fused-ring (bicyclic) bond motifs is 1. The summed E-state index contributed by atoms with van der Waals surface area (Å²) >= 11 is 0. The smallest absolute Gasteiger partial charge is 0.324 e. The van der Waals surface area contributed by atoms with Crippen molar-refractivity contribution in [3.05, 3.63) is 106 Å². The highest BCUT2D eigenvalue weighted by atomic mass is 31.2. The molecular weight excluding hydrogens is 473 g/mol. The maximum Gasteiger partial charge on any atom is 0.325 e. The van der Waals surface area contributed by atoms with E-state index in [9.17, 15) is 9.47 Å². The number of nitrogens with zero attached hydrogens (tertiary/aromatic N) is 2. The number of nitroso groups, excluding NO2 is 1. The Morgan fingerprint density at radius 3 is 2.33 bits per heavy atom. The van der Waals surface area contributed by atoms with Gasteiger partial charge in [0.05, 0.1) is 11.7 Å². The lowest BCUT2D eigenvalue weighted by molar-refractivity contribution is 0.371. The molecule has 0 aliphatic rings. The van der Waals surface area contributed by atoms with Crippen LogP contribution in [0.3, 0.4) is 0 Å². The number of nitrogens with one attached hydrogen (secondary N) is 1. The Balaban J connectivity index is 1.66. The lowest BCUT2D eigenvalue weighted by Crippen LogP contribution is -2.15. The molecular formula is C28H32N3O4P. The minimum atomic E-state index is -3.98. The van der Waals surface area contributed by atoms with Gasteiger partial charge in [0.15, 0.2) is 0 Å². The summed E-state index contributed by atoms with van der Waals surface area (Å²) in [5.74, 6) is 0. The molecule has 0 saturated carbocycles. The van der Waals surface area contributed by atoms with Crippen LogP contribution < -0.4 is 5.32 Å². The fraction of sp³-hybridized carbons (Fsp3) is 0.286.